The largest absolute Gasteiger partial charge is 0.481 e. The number of carboxylic acids is 1. The summed E-state index contributed by atoms with van der Waals surface area (Å²) in [6.45, 7) is 4.09. The maximum absolute atomic E-state index is 11.9. The third-order valence-electron chi connectivity index (χ3n) is 2.80. The summed E-state index contributed by atoms with van der Waals surface area (Å²) in [6, 6.07) is -0.694. The number of urea groups is 1. The number of imidazole rings is 1. The van der Waals surface area contributed by atoms with Gasteiger partial charge < -0.3 is 20.3 Å². The van der Waals surface area contributed by atoms with Crippen LogP contribution < -0.4 is 5.32 Å². The van der Waals surface area contributed by atoms with E-state index >= 15 is 0 Å². The number of amides is 2. The van der Waals surface area contributed by atoms with Gasteiger partial charge >= 0.3 is 12.0 Å². The maximum Gasteiger partial charge on any atom is 0.317 e. The van der Waals surface area contributed by atoms with E-state index < -0.39 is 5.97 Å². The summed E-state index contributed by atoms with van der Waals surface area (Å²) in [5.74, 6) is -0.193. The van der Waals surface area contributed by atoms with Gasteiger partial charge in [0, 0.05) is 25.5 Å². The van der Waals surface area contributed by atoms with Crippen LogP contribution in [0.1, 0.15) is 26.1 Å². The Balaban J connectivity index is 2.53. The number of nitrogens with zero attached hydrogens (tertiary/aromatic N) is 2. The van der Waals surface area contributed by atoms with Crippen LogP contribution in [-0.2, 0) is 11.3 Å². The van der Waals surface area contributed by atoms with Crippen molar-refractivity contribution in [3.63, 3.8) is 0 Å². The first-order valence-corrected chi connectivity index (χ1v) is 6.11. The van der Waals surface area contributed by atoms with Gasteiger partial charge in [-0.25, -0.2) is 9.78 Å². The number of hydrogen-bond donors (Lipinski definition) is 3. The minimum absolute atomic E-state index is 0.0528. The van der Waals surface area contributed by atoms with Crippen molar-refractivity contribution in [3.05, 3.63) is 18.2 Å². The Labute approximate surface area is 112 Å². The van der Waals surface area contributed by atoms with E-state index in [0.717, 1.165) is 0 Å². The zero-order chi connectivity index (χ0) is 14.4. The predicted molar refractivity (Wildman–Crippen MR) is 69.5 cm³/mol. The third kappa shape index (κ3) is 4.99. The average molecular weight is 268 g/mol. The summed E-state index contributed by atoms with van der Waals surface area (Å²) < 4.78 is 0. The van der Waals surface area contributed by atoms with Crippen molar-refractivity contribution >= 4 is 12.0 Å². The first kappa shape index (κ1) is 15.0. The summed E-state index contributed by atoms with van der Waals surface area (Å²) >= 11 is 0. The molecule has 106 valence electrons. The summed E-state index contributed by atoms with van der Waals surface area (Å²) in [4.78, 5) is 31.1. The zero-order valence-electron chi connectivity index (χ0n) is 11.4. The molecule has 0 aromatic carbocycles. The molecule has 0 fully saturated rings. The topological polar surface area (TPSA) is 98.3 Å². The Morgan fingerprint density at radius 2 is 2.21 bits per heavy atom. The molecule has 0 spiro atoms. The van der Waals surface area contributed by atoms with E-state index in [-0.39, 0.29) is 24.4 Å². The Hall–Kier alpha value is -2.05. The number of aromatic amines is 1. The molecule has 1 aromatic rings. The van der Waals surface area contributed by atoms with Crippen molar-refractivity contribution in [1.29, 1.82) is 0 Å². The molecule has 0 bridgehead atoms. The highest BCUT2D eigenvalue weighted by Crippen LogP contribution is 2.07. The van der Waals surface area contributed by atoms with Crippen LogP contribution in [0.25, 0.3) is 0 Å². The minimum atomic E-state index is -0.923. The van der Waals surface area contributed by atoms with Crippen molar-refractivity contribution in [3.8, 4) is 0 Å². The van der Waals surface area contributed by atoms with Gasteiger partial charge in [0.05, 0.1) is 13.0 Å². The number of H-pyrrole nitrogens is 1. The van der Waals surface area contributed by atoms with Crippen LogP contribution in [0.5, 0.6) is 0 Å². The third-order valence-corrected chi connectivity index (χ3v) is 2.80. The molecule has 1 rings (SSSR count). The summed E-state index contributed by atoms with van der Waals surface area (Å²) in [5.41, 5.74) is 0. The molecule has 0 radical (unpaired) electrons. The second kappa shape index (κ2) is 6.77. The van der Waals surface area contributed by atoms with Crippen molar-refractivity contribution < 1.29 is 14.7 Å². The molecule has 19 heavy (non-hydrogen) atoms. The Morgan fingerprint density at radius 3 is 2.68 bits per heavy atom. The van der Waals surface area contributed by atoms with Crippen molar-refractivity contribution in [2.24, 2.45) is 5.92 Å². The van der Waals surface area contributed by atoms with Gasteiger partial charge in [0.25, 0.3) is 0 Å². The van der Waals surface area contributed by atoms with E-state index in [1.807, 2.05) is 13.8 Å². The number of hydrogen-bond acceptors (Lipinski definition) is 3. The Kier molecular flexibility index (Phi) is 5.35. The molecule has 0 aliphatic rings. The molecule has 3 N–H and O–H groups in total. The summed E-state index contributed by atoms with van der Waals surface area (Å²) in [6.07, 6.45) is 3.21. The number of aliphatic carboxylic acids is 1. The lowest BCUT2D eigenvalue weighted by atomic mass is 10.0. The molecular weight excluding hydrogens is 248 g/mol. The SMILES string of the molecule is CC(C)C(CC(=O)O)NC(=O)N(C)Cc1ncc[nH]1. The number of carbonyl (C=O) groups excluding carboxylic acids is 1. The summed E-state index contributed by atoms with van der Waals surface area (Å²) in [7, 11) is 1.63. The quantitative estimate of drug-likeness (QED) is 0.718. The lowest BCUT2D eigenvalue weighted by molar-refractivity contribution is -0.137. The number of carboxylic acid groups (broad SMARTS) is 1. The number of rotatable bonds is 6. The van der Waals surface area contributed by atoms with E-state index in [9.17, 15) is 9.59 Å². The highest BCUT2D eigenvalue weighted by molar-refractivity contribution is 5.75. The lowest BCUT2D eigenvalue weighted by Crippen LogP contribution is -2.46. The smallest absolute Gasteiger partial charge is 0.317 e. The molecule has 7 nitrogen and oxygen atoms in total. The molecule has 0 aliphatic carbocycles. The van der Waals surface area contributed by atoms with E-state index in [4.69, 9.17) is 5.11 Å². The summed E-state index contributed by atoms with van der Waals surface area (Å²) in [5, 5.41) is 11.5. The molecule has 0 saturated carbocycles. The van der Waals surface area contributed by atoms with Crippen LogP contribution in [0.2, 0.25) is 0 Å². The van der Waals surface area contributed by atoms with Crippen LogP contribution in [0.4, 0.5) is 4.79 Å². The Morgan fingerprint density at radius 1 is 1.53 bits per heavy atom. The maximum atomic E-state index is 11.9. The Bertz CT molecular complexity index is 417. The minimum Gasteiger partial charge on any atom is -0.481 e. The number of carbonyl (C=O) groups is 2. The highest BCUT2D eigenvalue weighted by atomic mass is 16.4. The molecular formula is C12H20N4O3. The average Bonchev–Trinajstić information content (AvgIpc) is 2.79. The molecule has 7 heteroatoms. The van der Waals surface area contributed by atoms with Gasteiger partial charge in [0.2, 0.25) is 0 Å². The molecule has 2 amide bonds. The van der Waals surface area contributed by atoms with Crippen LogP contribution in [0.3, 0.4) is 0 Å². The fourth-order valence-electron chi connectivity index (χ4n) is 1.59. The fraction of sp³-hybridized carbons (Fsp3) is 0.583. The highest BCUT2D eigenvalue weighted by Gasteiger charge is 2.21. The van der Waals surface area contributed by atoms with Crippen molar-refractivity contribution in [2.45, 2.75) is 32.9 Å². The second-order valence-corrected chi connectivity index (χ2v) is 4.79. The molecule has 0 aliphatic heterocycles. The second-order valence-electron chi connectivity index (χ2n) is 4.79. The van der Waals surface area contributed by atoms with Crippen LogP contribution in [-0.4, -0.2) is 45.1 Å². The van der Waals surface area contributed by atoms with Gasteiger partial charge in [-0.3, -0.25) is 4.79 Å². The first-order valence-electron chi connectivity index (χ1n) is 6.11. The predicted octanol–water partition coefficient (Wildman–Crippen LogP) is 1.05. The van der Waals surface area contributed by atoms with Crippen molar-refractivity contribution in [2.75, 3.05) is 7.05 Å². The van der Waals surface area contributed by atoms with Crippen LogP contribution in [0, 0.1) is 5.92 Å². The zero-order valence-corrected chi connectivity index (χ0v) is 11.4. The van der Waals surface area contributed by atoms with Crippen LogP contribution in [0.15, 0.2) is 12.4 Å². The normalized spacial score (nSPS) is 12.2. The molecule has 1 aromatic heterocycles. The molecule has 1 unspecified atom stereocenters. The standard InChI is InChI=1S/C12H20N4O3/c1-8(2)9(6-11(17)18)15-12(19)16(3)7-10-13-4-5-14-10/h4-5,8-9H,6-7H2,1-3H3,(H,13,14)(H,15,19)(H,17,18). The lowest BCUT2D eigenvalue weighted by Gasteiger charge is -2.24. The van der Waals surface area contributed by atoms with E-state index in [1.54, 1.807) is 19.4 Å². The molecule has 0 saturated heterocycles. The number of aromatic nitrogens is 2. The van der Waals surface area contributed by atoms with Gasteiger partial charge in [-0.05, 0) is 5.92 Å². The van der Waals surface area contributed by atoms with E-state index in [1.165, 1.54) is 4.90 Å². The fourth-order valence-corrected chi connectivity index (χ4v) is 1.59. The van der Waals surface area contributed by atoms with Crippen molar-refractivity contribution in [1.82, 2.24) is 20.2 Å². The van der Waals surface area contributed by atoms with Gasteiger partial charge in [0.15, 0.2) is 0 Å². The number of nitrogens with one attached hydrogen (secondary N) is 2. The van der Waals surface area contributed by atoms with Gasteiger partial charge in [-0.2, -0.15) is 0 Å². The monoisotopic (exact) mass is 268 g/mol. The molecule has 1 heterocycles. The van der Waals surface area contributed by atoms with Crippen LogP contribution >= 0.6 is 0 Å². The van der Waals surface area contributed by atoms with E-state index in [2.05, 4.69) is 15.3 Å². The molecule has 1 atom stereocenters. The van der Waals surface area contributed by atoms with E-state index in [0.29, 0.717) is 12.4 Å². The van der Waals surface area contributed by atoms with Gasteiger partial charge in [-0.15, -0.1) is 0 Å². The van der Waals surface area contributed by atoms with Gasteiger partial charge in [0.1, 0.15) is 5.82 Å². The van der Waals surface area contributed by atoms with Gasteiger partial charge in [-0.1, -0.05) is 13.8 Å². The first-order chi connectivity index (χ1) is 8.90.